The Balaban J connectivity index is 1.50. The van der Waals surface area contributed by atoms with Crippen LogP contribution in [0.3, 0.4) is 0 Å². The number of hydrogen-bond donors (Lipinski definition) is 0. The molecule has 1 aromatic carbocycles. The third-order valence-corrected chi connectivity index (χ3v) is 5.55. The molecule has 6 nitrogen and oxygen atoms in total. The van der Waals surface area contributed by atoms with Crippen LogP contribution in [0.25, 0.3) is 0 Å². The minimum atomic E-state index is 0.301. The summed E-state index contributed by atoms with van der Waals surface area (Å²) in [5, 5.41) is 0. The van der Waals surface area contributed by atoms with Crippen molar-refractivity contribution in [2.24, 2.45) is 0 Å². The summed E-state index contributed by atoms with van der Waals surface area (Å²) < 4.78 is 11.5. The van der Waals surface area contributed by atoms with E-state index in [2.05, 4.69) is 26.9 Å². The second-order valence-electron chi connectivity index (χ2n) is 7.66. The van der Waals surface area contributed by atoms with Crippen LogP contribution in [-0.2, 0) is 17.8 Å². The summed E-state index contributed by atoms with van der Waals surface area (Å²) in [5.74, 6) is 1.80. The van der Waals surface area contributed by atoms with Crippen LogP contribution in [-0.4, -0.2) is 54.3 Å². The Labute approximate surface area is 167 Å². The number of nitrogens with zero attached hydrogens (tertiary/aromatic N) is 4. The first-order chi connectivity index (χ1) is 13.8. The maximum Gasteiger partial charge on any atom is 0.225 e. The SMILES string of the molecule is COc1ccccc1CN(Cc1ccnc(N2CCCC2)n1)C[C@H]1CCCO1. The van der Waals surface area contributed by atoms with E-state index in [0.29, 0.717) is 6.10 Å². The van der Waals surface area contributed by atoms with Crippen molar-refractivity contribution in [1.82, 2.24) is 14.9 Å². The lowest BCUT2D eigenvalue weighted by Crippen LogP contribution is -2.32. The first-order valence-corrected chi connectivity index (χ1v) is 10.3. The molecule has 0 aliphatic carbocycles. The molecule has 0 unspecified atom stereocenters. The Hall–Kier alpha value is -2.18. The molecule has 28 heavy (non-hydrogen) atoms. The molecule has 0 bridgehead atoms. The molecule has 2 aliphatic heterocycles. The maximum atomic E-state index is 5.91. The highest BCUT2D eigenvalue weighted by molar-refractivity contribution is 5.33. The highest BCUT2D eigenvalue weighted by atomic mass is 16.5. The number of anilines is 1. The molecule has 2 aromatic rings. The molecule has 1 atom stereocenters. The lowest BCUT2D eigenvalue weighted by molar-refractivity contribution is 0.0672. The van der Waals surface area contributed by atoms with Crippen LogP contribution in [0.2, 0.25) is 0 Å². The highest BCUT2D eigenvalue weighted by Gasteiger charge is 2.21. The lowest BCUT2D eigenvalue weighted by Gasteiger charge is -2.26. The number of aromatic nitrogens is 2. The molecule has 1 aromatic heterocycles. The molecule has 6 heteroatoms. The molecule has 2 fully saturated rings. The minimum Gasteiger partial charge on any atom is -0.496 e. The molecule has 0 spiro atoms. The topological polar surface area (TPSA) is 50.7 Å². The fourth-order valence-corrected chi connectivity index (χ4v) is 4.11. The van der Waals surface area contributed by atoms with Gasteiger partial charge in [-0.1, -0.05) is 18.2 Å². The van der Waals surface area contributed by atoms with Crippen molar-refractivity contribution in [3.63, 3.8) is 0 Å². The van der Waals surface area contributed by atoms with Crippen LogP contribution in [0.15, 0.2) is 36.5 Å². The molecule has 0 N–H and O–H groups in total. The number of benzene rings is 1. The molecule has 4 rings (SSSR count). The van der Waals surface area contributed by atoms with Crippen molar-refractivity contribution in [3.05, 3.63) is 47.8 Å². The van der Waals surface area contributed by atoms with Crippen LogP contribution in [0.5, 0.6) is 5.75 Å². The Morgan fingerprint density at radius 3 is 2.79 bits per heavy atom. The molecule has 3 heterocycles. The van der Waals surface area contributed by atoms with E-state index in [9.17, 15) is 0 Å². The van der Waals surface area contributed by atoms with E-state index in [-0.39, 0.29) is 0 Å². The van der Waals surface area contributed by atoms with Crippen LogP contribution in [0.1, 0.15) is 36.9 Å². The van der Waals surface area contributed by atoms with Crippen molar-refractivity contribution < 1.29 is 9.47 Å². The standard InChI is InChI=1S/C22H30N4O2/c1-27-21-9-3-2-7-18(21)15-25(17-20-8-6-14-28-20)16-19-10-11-23-22(24-19)26-12-4-5-13-26/h2-3,7,9-11,20H,4-6,8,12-17H2,1H3/t20-/m1/s1. The predicted octanol–water partition coefficient (Wildman–Crippen LogP) is 3.27. The zero-order chi connectivity index (χ0) is 19.2. The van der Waals surface area contributed by atoms with Gasteiger partial charge < -0.3 is 14.4 Å². The molecule has 0 radical (unpaired) electrons. The summed E-state index contributed by atoms with van der Waals surface area (Å²) in [6.45, 7) is 5.49. The van der Waals surface area contributed by atoms with Crippen molar-refractivity contribution in [2.45, 2.75) is 44.9 Å². The molecule has 2 aliphatic rings. The monoisotopic (exact) mass is 382 g/mol. The van der Waals surface area contributed by atoms with Gasteiger partial charge >= 0.3 is 0 Å². The molecular weight excluding hydrogens is 352 g/mol. The van der Waals surface area contributed by atoms with E-state index < -0.39 is 0 Å². The molecule has 0 amide bonds. The normalized spacial score (nSPS) is 19.5. The summed E-state index contributed by atoms with van der Waals surface area (Å²) in [4.78, 5) is 14.1. The van der Waals surface area contributed by atoms with Gasteiger partial charge in [0.05, 0.1) is 18.9 Å². The number of ether oxygens (including phenoxy) is 2. The number of rotatable bonds is 8. The van der Waals surface area contributed by atoms with Crippen molar-refractivity contribution in [3.8, 4) is 5.75 Å². The van der Waals surface area contributed by atoms with Gasteiger partial charge in [-0.05, 0) is 37.8 Å². The predicted molar refractivity (Wildman–Crippen MR) is 110 cm³/mol. The summed E-state index contributed by atoms with van der Waals surface area (Å²) >= 11 is 0. The van der Waals surface area contributed by atoms with Gasteiger partial charge in [-0.15, -0.1) is 0 Å². The number of hydrogen-bond acceptors (Lipinski definition) is 6. The van der Waals surface area contributed by atoms with Crippen LogP contribution in [0.4, 0.5) is 5.95 Å². The van der Waals surface area contributed by atoms with Crippen molar-refractivity contribution in [2.75, 3.05) is 38.3 Å². The van der Waals surface area contributed by atoms with E-state index >= 15 is 0 Å². The van der Waals surface area contributed by atoms with Gasteiger partial charge in [-0.2, -0.15) is 0 Å². The van der Waals surface area contributed by atoms with E-state index in [0.717, 1.165) is 69.6 Å². The molecule has 0 saturated carbocycles. The van der Waals surface area contributed by atoms with Crippen molar-refractivity contribution in [1.29, 1.82) is 0 Å². The molecule has 150 valence electrons. The summed E-state index contributed by atoms with van der Waals surface area (Å²) in [6, 6.07) is 10.3. The highest BCUT2D eigenvalue weighted by Crippen LogP contribution is 2.23. The van der Waals surface area contributed by atoms with Gasteiger partial charge in [0.15, 0.2) is 0 Å². The maximum absolute atomic E-state index is 5.91. The summed E-state index contributed by atoms with van der Waals surface area (Å²) in [5.41, 5.74) is 2.25. The second kappa shape index (κ2) is 9.34. The first kappa shape index (κ1) is 19.2. The van der Waals surface area contributed by atoms with Crippen LogP contribution in [0, 0.1) is 0 Å². The smallest absolute Gasteiger partial charge is 0.225 e. The fraction of sp³-hybridized carbons (Fsp3) is 0.545. The first-order valence-electron chi connectivity index (χ1n) is 10.3. The average Bonchev–Trinajstić information content (AvgIpc) is 3.43. The third kappa shape index (κ3) is 4.80. The quantitative estimate of drug-likeness (QED) is 0.698. The Bertz CT molecular complexity index is 758. The Morgan fingerprint density at radius 2 is 2.00 bits per heavy atom. The van der Waals surface area contributed by atoms with E-state index in [1.807, 2.05) is 24.4 Å². The van der Waals surface area contributed by atoms with Gasteiger partial charge in [-0.3, -0.25) is 4.90 Å². The summed E-state index contributed by atoms with van der Waals surface area (Å²) in [6.07, 6.45) is 6.93. The van der Waals surface area contributed by atoms with Gasteiger partial charge in [-0.25, -0.2) is 9.97 Å². The number of para-hydroxylation sites is 1. The van der Waals surface area contributed by atoms with E-state index in [1.165, 1.54) is 18.4 Å². The second-order valence-corrected chi connectivity index (χ2v) is 7.66. The zero-order valence-corrected chi connectivity index (χ0v) is 16.7. The fourth-order valence-electron chi connectivity index (χ4n) is 4.11. The average molecular weight is 383 g/mol. The van der Waals surface area contributed by atoms with Gasteiger partial charge in [0.2, 0.25) is 5.95 Å². The molecule has 2 saturated heterocycles. The van der Waals surface area contributed by atoms with E-state index in [1.54, 1.807) is 7.11 Å². The Kier molecular flexibility index (Phi) is 6.39. The van der Waals surface area contributed by atoms with Gasteiger partial charge in [0.25, 0.3) is 0 Å². The summed E-state index contributed by atoms with van der Waals surface area (Å²) in [7, 11) is 1.73. The van der Waals surface area contributed by atoms with Crippen LogP contribution < -0.4 is 9.64 Å². The Morgan fingerprint density at radius 1 is 1.14 bits per heavy atom. The number of methoxy groups -OCH3 is 1. The lowest BCUT2D eigenvalue weighted by atomic mass is 10.1. The molecular formula is C22H30N4O2. The zero-order valence-electron chi connectivity index (χ0n) is 16.7. The van der Waals surface area contributed by atoms with Gasteiger partial charge in [0.1, 0.15) is 5.75 Å². The van der Waals surface area contributed by atoms with E-state index in [4.69, 9.17) is 14.5 Å². The third-order valence-electron chi connectivity index (χ3n) is 5.55. The van der Waals surface area contributed by atoms with Crippen LogP contribution >= 0.6 is 0 Å². The largest absolute Gasteiger partial charge is 0.496 e. The van der Waals surface area contributed by atoms with Gasteiger partial charge in [0, 0.05) is 51.1 Å². The van der Waals surface area contributed by atoms with Crippen molar-refractivity contribution >= 4 is 5.95 Å². The minimum absolute atomic E-state index is 0.301.